The number of aromatic nitrogens is 2. The van der Waals surface area contributed by atoms with Crippen molar-refractivity contribution in [1.82, 2.24) is 9.97 Å². The number of amides is 1. The van der Waals surface area contributed by atoms with E-state index in [4.69, 9.17) is 0 Å². The van der Waals surface area contributed by atoms with Crippen molar-refractivity contribution >= 4 is 39.5 Å². The van der Waals surface area contributed by atoms with Gasteiger partial charge in [-0.2, -0.15) is 0 Å². The number of nitrogens with one attached hydrogen (secondary N) is 2. The molecule has 0 aliphatic rings. The van der Waals surface area contributed by atoms with Crippen molar-refractivity contribution in [1.29, 1.82) is 0 Å². The summed E-state index contributed by atoms with van der Waals surface area (Å²) in [7, 11) is 0. The maximum Gasteiger partial charge on any atom is 0.248 e. The summed E-state index contributed by atoms with van der Waals surface area (Å²) in [4.78, 5) is 19.7. The number of anilines is 1. The number of hydrogen-bond acceptors (Lipinski definition) is 3. The first-order valence-electron chi connectivity index (χ1n) is 7.83. The molecule has 2 heterocycles. The molecule has 0 atom stereocenters. The van der Waals surface area contributed by atoms with E-state index in [0.717, 1.165) is 21.8 Å². The van der Waals surface area contributed by atoms with E-state index in [-0.39, 0.29) is 11.7 Å². The first-order valence-corrected chi connectivity index (χ1v) is 7.83. The quantitative estimate of drug-likeness (QED) is 0.391. The van der Waals surface area contributed by atoms with Crippen LogP contribution in [0.1, 0.15) is 5.69 Å². The Morgan fingerprint density at radius 1 is 1.04 bits per heavy atom. The van der Waals surface area contributed by atoms with Gasteiger partial charge in [0.2, 0.25) is 5.91 Å². The Hall–Kier alpha value is -3.60. The molecule has 0 unspecified atom stereocenters. The van der Waals surface area contributed by atoms with E-state index in [9.17, 15) is 9.90 Å². The van der Waals surface area contributed by atoms with Gasteiger partial charge >= 0.3 is 0 Å². The standard InChI is InChI=1S/C20H15N3O2/c24-15-8-5-13(6-9-15)22-20(25)10-7-14-11-17-16-3-1-2-4-18(16)23-19(17)12-21-14/h1-12,23-24H,(H,22,25)/b10-7+. The fourth-order valence-corrected chi connectivity index (χ4v) is 2.75. The number of benzene rings is 2. The lowest BCUT2D eigenvalue weighted by Gasteiger charge is -2.01. The van der Waals surface area contributed by atoms with Crippen LogP contribution in [-0.4, -0.2) is 21.0 Å². The molecule has 3 N–H and O–H groups in total. The summed E-state index contributed by atoms with van der Waals surface area (Å²) < 4.78 is 0. The summed E-state index contributed by atoms with van der Waals surface area (Å²) in [6, 6.07) is 16.3. The Bertz CT molecular complexity index is 1100. The van der Waals surface area contributed by atoms with Crippen molar-refractivity contribution < 1.29 is 9.90 Å². The molecular formula is C20H15N3O2. The Labute approximate surface area is 143 Å². The number of phenolic OH excluding ortho intramolecular Hbond substituents is 1. The predicted octanol–water partition coefficient (Wildman–Crippen LogP) is 4.07. The number of phenols is 1. The van der Waals surface area contributed by atoms with E-state index in [1.165, 1.54) is 18.2 Å². The first kappa shape index (κ1) is 15.0. The van der Waals surface area contributed by atoms with Crippen LogP contribution < -0.4 is 5.32 Å². The molecule has 0 saturated carbocycles. The highest BCUT2D eigenvalue weighted by Crippen LogP contribution is 2.25. The van der Waals surface area contributed by atoms with E-state index in [1.54, 1.807) is 24.4 Å². The minimum atomic E-state index is -0.258. The van der Waals surface area contributed by atoms with Crippen LogP contribution in [-0.2, 0) is 4.79 Å². The highest BCUT2D eigenvalue weighted by atomic mass is 16.3. The van der Waals surface area contributed by atoms with Gasteiger partial charge in [-0.15, -0.1) is 0 Å². The number of pyridine rings is 1. The van der Waals surface area contributed by atoms with Gasteiger partial charge in [0.1, 0.15) is 5.75 Å². The fraction of sp³-hybridized carbons (Fsp3) is 0. The van der Waals surface area contributed by atoms with Crippen molar-refractivity contribution in [2.45, 2.75) is 0 Å². The number of aromatic amines is 1. The molecule has 25 heavy (non-hydrogen) atoms. The highest BCUT2D eigenvalue weighted by molar-refractivity contribution is 6.07. The lowest BCUT2D eigenvalue weighted by molar-refractivity contribution is -0.111. The Morgan fingerprint density at radius 2 is 1.84 bits per heavy atom. The molecule has 0 radical (unpaired) electrons. The summed E-state index contributed by atoms with van der Waals surface area (Å²) in [6.45, 7) is 0. The van der Waals surface area contributed by atoms with Crippen molar-refractivity contribution in [3.05, 3.63) is 72.6 Å². The summed E-state index contributed by atoms with van der Waals surface area (Å²) in [5, 5.41) is 14.2. The topological polar surface area (TPSA) is 78.0 Å². The summed E-state index contributed by atoms with van der Waals surface area (Å²) in [6.07, 6.45) is 4.89. The number of nitrogens with zero attached hydrogens (tertiary/aromatic N) is 1. The van der Waals surface area contributed by atoms with E-state index in [2.05, 4.69) is 21.4 Å². The number of carbonyl (C=O) groups is 1. The molecule has 4 aromatic rings. The van der Waals surface area contributed by atoms with Crippen LogP contribution in [0.3, 0.4) is 0 Å². The molecule has 0 fully saturated rings. The number of rotatable bonds is 3. The van der Waals surface area contributed by atoms with Crippen LogP contribution in [0.15, 0.2) is 66.9 Å². The zero-order chi connectivity index (χ0) is 17.2. The van der Waals surface area contributed by atoms with Crippen LogP contribution in [0.2, 0.25) is 0 Å². The van der Waals surface area contributed by atoms with Gasteiger partial charge in [0.05, 0.1) is 17.4 Å². The predicted molar refractivity (Wildman–Crippen MR) is 99.4 cm³/mol. The molecule has 5 heteroatoms. The maximum atomic E-state index is 12.0. The van der Waals surface area contributed by atoms with Crippen molar-refractivity contribution in [3.8, 4) is 5.75 Å². The van der Waals surface area contributed by atoms with Gasteiger partial charge in [0, 0.05) is 28.1 Å². The lowest BCUT2D eigenvalue weighted by Crippen LogP contribution is -2.07. The SMILES string of the molecule is O=C(/C=C/c1cc2c(cn1)[nH]c1ccccc12)Nc1ccc(O)cc1. The molecular weight excluding hydrogens is 314 g/mol. The minimum Gasteiger partial charge on any atom is -0.508 e. The third-order valence-electron chi connectivity index (χ3n) is 3.95. The average Bonchev–Trinajstić information content (AvgIpc) is 3.00. The van der Waals surface area contributed by atoms with Gasteiger partial charge < -0.3 is 15.4 Å². The molecule has 0 saturated heterocycles. The first-order chi connectivity index (χ1) is 12.2. The molecule has 2 aromatic heterocycles. The molecule has 0 bridgehead atoms. The van der Waals surface area contributed by atoms with E-state index in [0.29, 0.717) is 11.4 Å². The minimum absolute atomic E-state index is 0.157. The molecule has 4 rings (SSSR count). The number of hydrogen-bond donors (Lipinski definition) is 3. The maximum absolute atomic E-state index is 12.0. The van der Waals surface area contributed by atoms with E-state index < -0.39 is 0 Å². The molecule has 2 aromatic carbocycles. The molecule has 0 aliphatic carbocycles. The van der Waals surface area contributed by atoms with Crippen LogP contribution >= 0.6 is 0 Å². The largest absolute Gasteiger partial charge is 0.508 e. The number of para-hydroxylation sites is 1. The third-order valence-corrected chi connectivity index (χ3v) is 3.95. The monoisotopic (exact) mass is 329 g/mol. The molecule has 122 valence electrons. The Morgan fingerprint density at radius 3 is 2.68 bits per heavy atom. The van der Waals surface area contributed by atoms with E-state index in [1.807, 2.05) is 24.3 Å². The van der Waals surface area contributed by atoms with Crippen LogP contribution in [0.25, 0.3) is 27.9 Å². The van der Waals surface area contributed by atoms with Crippen LogP contribution in [0.5, 0.6) is 5.75 Å². The third kappa shape index (κ3) is 3.07. The number of aromatic hydroxyl groups is 1. The Kier molecular flexibility index (Phi) is 3.67. The number of carbonyl (C=O) groups excluding carboxylic acids is 1. The molecule has 5 nitrogen and oxygen atoms in total. The molecule has 0 aliphatic heterocycles. The van der Waals surface area contributed by atoms with Gasteiger partial charge in [-0.3, -0.25) is 9.78 Å². The summed E-state index contributed by atoms with van der Waals surface area (Å²) in [5.41, 5.74) is 3.35. The average molecular weight is 329 g/mol. The second-order valence-corrected chi connectivity index (χ2v) is 5.69. The number of fused-ring (bicyclic) bond motifs is 3. The second-order valence-electron chi connectivity index (χ2n) is 5.69. The summed E-state index contributed by atoms with van der Waals surface area (Å²) in [5.74, 6) is -0.101. The van der Waals surface area contributed by atoms with Crippen LogP contribution in [0.4, 0.5) is 5.69 Å². The second kappa shape index (κ2) is 6.13. The van der Waals surface area contributed by atoms with Crippen molar-refractivity contribution in [2.24, 2.45) is 0 Å². The van der Waals surface area contributed by atoms with Crippen molar-refractivity contribution in [3.63, 3.8) is 0 Å². The normalized spacial score (nSPS) is 11.4. The molecule has 1 amide bonds. The highest BCUT2D eigenvalue weighted by Gasteiger charge is 2.04. The summed E-state index contributed by atoms with van der Waals surface area (Å²) >= 11 is 0. The number of H-pyrrole nitrogens is 1. The van der Waals surface area contributed by atoms with Crippen molar-refractivity contribution in [2.75, 3.05) is 5.32 Å². The van der Waals surface area contributed by atoms with Gasteiger partial charge in [0.25, 0.3) is 0 Å². The van der Waals surface area contributed by atoms with Crippen LogP contribution in [0, 0.1) is 0 Å². The zero-order valence-electron chi connectivity index (χ0n) is 13.2. The molecule has 0 spiro atoms. The smallest absolute Gasteiger partial charge is 0.248 e. The van der Waals surface area contributed by atoms with Gasteiger partial charge in [-0.1, -0.05) is 18.2 Å². The fourth-order valence-electron chi connectivity index (χ4n) is 2.75. The van der Waals surface area contributed by atoms with Gasteiger partial charge in [0.15, 0.2) is 0 Å². The van der Waals surface area contributed by atoms with Gasteiger partial charge in [-0.05, 0) is 42.5 Å². The zero-order valence-corrected chi connectivity index (χ0v) is 13.2. The lowest BCUT2D eigenvalue weighted by atomic mass is 10.1. The Balaban J connectivity index is 1.57. The van der Waals surface area contributed by atoms with Gasteiger partial charge in [-0.25, -0.2) is 0 Å². The van der Waals surface area contributed by atoms with E-state index >= 15 is 0 Å².